The number of fused-ring (bicyclic) bond motifs is 6. The topological polar surface area (TPSA) is 0 Å². The fourth-order valence-electron chi connectivity index (χ4n) is 6.02. The van der Waals surface area contributed by atoms with Crippen LogP contribution in [0, 0.1) is 40.9 Å². The molecule has 0 aromatic carbocycles. The van der Waals surface area contributed by atoms with Crippen LogP contribution >= 0.6 is 0 Å². The van der Waals surface area contributed by atoms with Crippen LogP contribution in [0.1, 0.15) is 52.4 Å². The molecule has 84 valence electrons. The van der Waals surface area contributed by atoms with Crippen LogP contribution in [0.2, 0.25) is 0 Å². The summed E-state index contributed by atoms with van der Waals surface area (Å²) in [6, 6.07) is 0. The average molecular weight is 204 g/mol. The maximum atomic E-state index is 2.63. The average Bonchev–Trinajstić information content (AvgIpc) is 2.88. The van der Waals surface area contributed by atoms with Crippen LogP contribution in [0.5, 0.6) is 0 Å². The second-order valence-electron chi connectivity index (χ2n) is 7.66. The van der Waals surface area contributed by atoms with Gasteiger partial charge in [-0.25, -0.2) is 0 Å². The van der Waals surface area contributed by atoms with Crippen molar-refractivity contribution in [3.8, 4) is 0 Å². The van der Waals surface area contributed by atoms with Gasteiger partial charge in [-0.2, -0.15) is 0 Å². The highest BCUT2D eigenvalue weighted by Gasteiger charge is 2.59. The first-order chi connectivity index (χ1) is 7.16. The predicted octanol–water partition coefficient (Wildman–Crippen LogP) is 4.10. The minimum atomic E-state index is 0.764. The van der Waals surface area contributed by atoms with Gasteiger partial charge in [-0.1, -0.05) is 13.8 Å². The van der Waals surface area contributed by atoms with Crippen molar-refractivity contribution in [1.82, 2.24) is 0 Å². The first-order valence-corrected chi connectivity index (χ1v) is 7.16. The van der Waals surface area contributed by atoms with Gasteiger partial charge in [-0.15, -0.1) is 0 Å². The maximum absolute atomic E-state index is 2.63. The predicted molar refractivity (Wildman–Crippen MR) is 62.4 cm³/mol. The Morgan fingerprint density at radius 1 is 0.867 bits per heavy atom. The number of rotatable bonds is 0. The van der Waals surface area contributed by atoms with Gasteiger partial charge in [0, 0.05) is 0 Å². The molecule has 0 N–H and O–H groups in total. The van der Waals surface area contributed by atoms with Crippen molar-refractivity contribution in [2.45, 2.75) is 52.4 Å². The molecule has 0 aromatic rings. The van der Waals surface area contributed by atoms with Crippen LogP contribution in [0.25, 0.3) is 0 Å². The van der Waals surface area contributed by atoms with Gasteiger partial charge in [-0.3, -0.25) is 0 Å². The largest absolute Gasteiger partial charge is 0.0625 e. The van der Waals surface area contributed by atoms with E-state index in [1.165, 1.54) is 11.8 Å². The molecule has 0 nitrogen and oxygen atoms in total. The van der Waals surface area contributed by atoms with E-state index in [1.807, 2.05) is 0 Å². The molecule has 0 spiro atoms. The third kappa shape index (κ3) is 1.14. The third-order valence-electron chi connectivity index (χ3n) is 6.47. The van der Waals surface area contributed by atoms with E-state index in [1.54, 1.807) is 38.5 Å². The molecule has 4 fully saturated rings. The van der Waals surface area contributed by atoms with Crippen LogP contribution in [-0.4, -0.2) is 0 Å². The zero-order valence-corrected chi connectivity index (χ0v) is 10.2. The molecule has 0 aliphatic heterocycles. The van der Waals surface area contributed by atoms with Gasteiger partial charge >= 0.3 is 0 Å². The van der Waals surface area contributed by atoms with Crippen molar-refractivity contribution < 1.29 is 0 Å². The van der Waals surface area contributed by atoms with Gasteiger partial charge in [0.1, 0.15) is 0 Å². The molecule has 15 heavy (non-hydrogen) atoms. The first kappa shape index (κ1) is 9.07. The lowest BCUT2D eigenvalue weighted by molar-refractivity contribution is 0.117. The highest BCUT2D eigenvalue weighted by molar-refractivity contribution is 5.09. The smallest absolute Gasteiger partial charge is 0.0289 e. The first-order valence-electron chi connectivity index (χ1n) is 7.16. The lowest BCUT2D eigenvalue weighted by Crippen LogP contribution is -2.29. The van der Waals surface area contributed by atoms with E-state index in [2.05, 4.69) is 13.8 Å². The van der Waals surface area contributed by atoms with Gasteiger partial charge in [0.2, 0.25) is 0 Å². The van der Waals surface area contributed by atoms with Gasteiger partial charge < -0.3 is 0 Å². The quantitative estimate of drug-likeness (QED) is 0.557. The molecule has 0 heteroatoms. The summed E-state index contributed by atoms with van der Waals surface area (Å²) in [7, 11) is 0. The Morgan fingerprint density at radius 3 is 2.53 bits per heavy atom. The minimum Gasteiger partial charge on any atom is -0.0625 e. The molecule has 4 rings (SSSR count). The Balaban J connectivity index is 1.69. The summed E-state index contributed by atoms with van der Waals surface area (Å²) in [6.45, 7) is 5.13. The summed E-state index contributed by atoms with van der Waals surface area (Å²) >= 11 is 0. The molecule has 6 unspecified atom stereocenters. The number of hydrogen-bond acceptors (Lipinski definition) is 0. The van der Waals surface area contributed by atoms with Crippen molar-refractivity contribution >= 4 is 0 Å². The number of hydrogen-bond donors (Lipinski definition) is 0. The van der Waals surface area contributed by atoms with Gasteiger partial charge in [0.05, 0.1) is 0 Å². The zero-order valence-electron chi connectivity index (χ0n) is 10.2. The minimum absolute atomic E-state index is 0.764. The van der Waals surface area contributed by atoms with E-state index < -0.39 is 0 Å². The molecule has 0 saturated heterocycles. The molecule has 0 heterocycles. The molecule has 0 radical (unpaired) electrons. The highest BCUT2D eigenvalue weighted by atomic mass is 14.6. The normalized spacial score (nSPS) is 66.0. The van der Waals surface area contributed by atoms with E-state index in [9.17, 15) is 0 Å². The summed E-state index contributed by atoms with van der Waals surface area (Å²) in [5, 5.41) is 0. The van der Waals surface area contributed by atoms with Gasteiger partial charge in [0.25, 0.3) is 0 Å². The van der Waals surface area contributed by atoms with Crippen molar-refractivity contribution in [2.75, 3.05) is 0 Å². The fraction of sp³-hybridized carbons (Fsp3) is 1.00. The Hall–Kier alpha value is 0. The SMILES string of the molecule is CC1CC2C[C@@](C)(C1)C1CC3CC3CC21. The molecule has 4 aliphatic rings. The van der Waals surface area contributed by atoms with Crippen LogP contribution in [-0.2, 0) is 0 Å². The third-order valence-corrected chi connectivity index (χ3v) is 6.47. The van der Waals surface area contributed by atoms with Crippen LogP contribution < -0.4 is 0 Å². The molecule has 0 amide bonds. The Morgan fingerprint density at radius 2 is 1.67 bits per heavy atom. The fourth-order valence-corrected chi connectivity index (χ4v) is 6.02. The van der Waals surface area contributed by atoms with Crippen molar-refractivity contribution in [3.05, 3.63) is 0 Å². The summed E-state index contributed by atoms with van der Waals surface area (Å²) < 4.78 is 0. The second-order valence-corrected chi connectivity index (χ2v) is 7.66. The van der Waals surface area contributed by atoms with Gasteiger partial charge in [-0.05, 0) is 79.4 Å². The zero-order chi connectivity index (χ0) is 10.2. The molecule has 4 aliphatic carbocycles. The molecule has 4 saturated carbocycles. The Kier molecular flexibility index (Phi) is 1.59. The van der Waals surface area contributed by atoms with Crippen molar-refractivity contribution in [3.63, 3.8) is 0 Å². The van der Waals surface area contributed by atoms with E-state index >= 15 is 0 Å². The highest BCUT2D eigenvalue weighted by Crippen LogP contribution is 2.68. The molecular weight excluding hydrogens is 180 g/mol. The van der Waals surface area contributed by atoms with Crippen molar-refractivity contribution in [2.24, 2.45) is 40.9 Å². The lowest BCUT2D eigenvalue weighted by atomic mass is 9.67. The van der Waals surface area contributed by atoms with E-state index in [0.29, 0.717) is 0 Å². The van der Waals surface area contributed by atoms with Crippen LogP contribution in [0.4, 0.5) is 0 Å². The van der Waals surface area contributed by atoms with Gasteiger partial charge in [0.15, 0.2) is 0 Å². The van der Waals surface area contributed by atoms with Crippen LogP contribution in [0.15, 0.2) is 0 Å². The Labute approximate surface area is 93.8 Å². The van der Waals surface area contributed by atoms with E-state index in [0.717, 1.165) is 29.1 Å². The van der Waals surface area contributed by atoms with E-state index in [-0.39, 0.29) is 0 Å². The monoisotopic (exact) mass is 204 g/mol. The van der Waals surface area contributed by atoms with Crippen LogP contribution in [0.3, 0.4) is 0 Å². The molecule has 7 atom stereocenters. The lowest BCUT2D eigenvalue weighted by Gasteiger charge is -2.38. The van der Waals surface area contributed by atoms with Crippen molar-refractivity contribution in [1.29, 1.82) is 0 Å². The molecule has 0 aromatic heterocycles. The Bertz CT molecular complexity index is 294. The standard InChI is InChI=1S/C15H24/c1-9-3-12-8-15(2,7-9)14-6-11-4-10(11)5-13(12)14/h9-14H,3-8H2,1-2H3/t9?,10?,11?,12?,13?,14?,15-/m1/s1. The summed E-state index contributed by atoms with van der Waals surface area (Å²) in [4.78, 5) is 0. The maximum Gasteiger partial charge on any atom is -0.0289 e. The second kappa shape index (κ2) is 2.63. The molecule has 2 bridgehead atoms. The molecular formula is C15H24. The summed E-state index contributed by atoms with van der Waals surface area (Å²) in [5.41, 5.74) is 0.764. The van der Waals surface area contributed by atoms with E-state index in [4.69, 9.17) is 0 Å². The summed E-state index contributed by atoms with van der Waals surface area (Å²) in [6.07, 6.45) is 9.55. The summed E-state index contributed by atoms with van der Waals surface area (Å²) in [5.74, 6) is 6.81.